The summed E-state index contributed by atoms with van der Waals surface area (Å²) in [5.41, 5.74) is 2.11. The molecule has 2 aromatic carbocycles. The quantitative estimate of drug-likeness (QED) is 0.749. The van der Waals surface area contributed by atoms with E-state index >= 15 is 0 Å². The molecule has 28 heavy (non-hydrogen) atoms. The Balaban J connectivity index is 1.29. The standard InChI is InChI=1S/C20H19Cl2N3O3/c21-15-7-5-14(6-8-15)18-13-20(28-24-18)9-11-25(12-10-20)27-19(26)23-17-4-2-1-3-16(17)22/h1-8H,9-13H2,(H,23,26). The van der Waals surface area contributed by atoms with Crippen LogP contribution in [0.2, 0.25) is 10.0 Å². The van der Waals surface area contributed by atoms with Gasteiger partial charge < -0.3 is 9.68 Å². The molecule has 8 heteroatoms. The second kappa shape index (κ2) is 7.99. The number of amides is 1. The van der Waals surface area contributed by atoms with Crippen LogP contribution in [-0.2, 0) is 9.68 Å². The number of rotatable bonds is 3. The molecule has 1 saturated heterocycles. The summed E-state index contributed by atoms with van der Waals surface area (Å²) in [4.78, 5) is 23.3. The van der Waals surface area contributed by atoms with Gasteiger partial charge in [0.2, 0.25) is 0 Å². The summed E-state index contributed by atoms with van der Waals surface area (Å²) in [6.07, 6.45) is 1.60. The van der Waals surface area contributed by atoms with E-state index in [1.807, 2.05) is 24.3 Å². The number of nitrogens with one attached hydrogen (secondary N) is 1. The van der Waals surface area contributed by atoms with E-state index in [1.165, 1.54) is 0 Å². The zero-order chi connectivity index (χ0) is 19.6. The van der Waals surface area contributed by atoms with Crippen LogP contribution in [0.15, 0.2) is 53.7 Å². The predicted octanol–water partition coefficient (Wildman–Crippen LogP) is 5.12. The van der Waals surface area contributed by atoms with Crippen molar-refractivity contribution in [3.63, 3.8) is 0 Å². The molecule has 1 spiro atoms. The number of anilines is 1. The average molecular weight is 420 g/mol. The van der Waals surface area contributed by atoms with Crippen LogP contribution < -0.4 is 5.32 Å². The topological polar surface area (TPSA) is 63.2 Å². The first-order valence-electron chi connectivity index (χ1n) is 9.02. The predicted molar refractivity (Wildman–Crippen MR) is 109 cm³/mol. The summed E-state index contributed by atoms with van der Waals surface area (Å²) < 4.78 is 0. The molecule has 1 N–H and O–H groups in total. The van der Waals surface area contributed by atoms with Gasteiger partial charge in [0.15, 0.2) is 0 Å². The minimum atomic E-state index is -0.561. The molecular formula is C20H19Cl2N3O3. The van der Waals surface area contributed by atoms with Gasteiger partial charge in [0.1, 0.15) is 5.60 Å². The molecule has 0 saturated carbocycles. The van der Waals surface area contributed by atoms with Gasteiger partial charge in [-0.1, -0.05) is 52.6 Å². The normalized spacial score (nSPS) is 18.4. The highest BCUT2D eigenvalue weighted by atomic mass is 35.5. The van der Waals surface area contributed by atoms with Crippen molar-refractivity contribution >= 4 is 40.7 Å². The Morgan fingerprint density at radius 2 is 1.82 bits per heavy atom. The van der Waals surface area contributed by atoms with Crippen molar-refractivity contribution in [2.75, 3.05) is 18.4 Å². The minimum Gasteiger partial charge on any atom is -0.388 e. The van der Waals surface area contributed by atoms with E-state index in [1.54, 1.807) is 29.3 Å². The summed E-state index contributed by atoms with van der Waals surface area (Å²) in [6, 6.07) is 14.6. The van der Waals surface area contributed by atoms with Gasteiger partial charge in [-0.3, -0.25) is 5.32 Å². The monoisotopic (exact) mass is 419 g/mol. The highest BCUT2D eigenvalue weighted by Crippen LogP contribution is 2.36. The van der Waals surface area contributed by atoms with Crippen LogP contribution in [0.25, 0.3) is 0 Å². The molecule has 0 aromatic heterocycles. The Morgan fingerprint density at radius 3 is 2.54 bits per heavy atom. The van der Waals surface area contributed by atoms with Gasteiger partial charge in [0, 0.05) is 37.4 Å². The number of hydroxylamine groups is 2. The molecule has 0 unspecified atom stereocenters. The summed E-state index contributed by atoms with van der Waals surface area (Å²) in [6.45, 7) is 1.14. The fourth-order valence-electron chi connectivity index (χ4n) is 3.38. The summed E-state index contributed by atoms with van der Waals surface area (Å²) in [7, 11) is 0. The molecule has 0 aliphatic carbocycles. The molecule has 2 aliphatic heterocycles. The van der Waals surface area contributed by atoms with Gasteiger partial charge >= 0.3 is 6.09 Å². The summed E-state index contributed by atoms with van der Waals surface area (Å²) in [5, 5.41) is 9.73. The van der Waals surface area contributed by atoms with E-state index in [-0.39, 0.29) is 5.60 Å². The highest BCUT2D eigenvalue weighted by molar-refractivity contribution is 6.33. The lowest BCUT2D eigenvalue weighted by atomic mass is 9.86. The van der Waals surface area contributed by atoms with Gasteiger partial charge in [-0.05, 0) is 29.8 Å². The second-order valence-corrected chi connectivity index (χ2v) is 7.75. The highest BCUT2D eigenvalue weighted by Gasteiger charge is 2.43. The fourth-order valence-corrected chi connectivity index (χ4v) is 3.69. The van der Waals surface area contributed by atoms with Crippen molar-refractivity contribution in [2.45, 2.75) is 24.9 Å². The van der Waals surface area contributed by atoms with Crippen LogP contribution in [0.3, 0.4) is 0 Å². The molecular weight excluding hydrogens is 401 g/mol. The Morgan fingerprint density at radius 1 is 1.11 bits per heavy atom. The van der Waals surface area contributed by atoms with Gasteiger partial charge in [0.05, 0.1) is 16.4 Å². The largest absolute Gasteiger partial charge is 0.430 e. The number of benzene rings is 2. The van der Waals surface area contributed by atoms with Crippen LogP contribution in [-0.4, -0.2) is 35.6 Å². The van der Waals surface area contributed by atoms with Crippen LogP contribution in [0.4, 0.5) is 10.5 Å². The van der Waals surface area contributed by atoms with Crippen molar-refractivity contribution in [3.8, 4) is 0 Å². The molecule has 0 bridgehead atoms. The second-order valence-electron chi connectivity index (χ2n) is 6.91. The minimum absolute atomic E-state index is 0.339. The maximum Gasteiger partial charge on any atom is 0.430 e. The van der Waals surface area contributed by atoms with Gasteiger partial charge in [-0.25, -0.2) is 4.79 Å². The first-order chi connectivity index (χ1) is 13.5. The van der Waals surface area contributed by atoms with Crippen LogP contribution >= 0.6 is 23.2 Å². The Bertz CT molecular complexity index is 894. The number of piperidine rings is 1. The van der Waals surface area contributed by atoms with Gasteiger partial charge in [-0.15, -0.1) is 5.06 Å². The number of carbonyl (C=O) groups excluding carboxylic acids is 1. The van der Waals surface area contributed by atoms with E-state index in [4.69, 9.17) is 32.9 Å². The molecule has 2 aromatic rings. The summed E-state index contributed by atoms with van der Waals surface area (Å²) in [5.74, 6) is 0. The first-order valence-corrected chi connectivity index (χ1v) is 9.78. The van der Waals surface area contributed by atoms with E-state index in [2.05, 4.69) is 10.5 Å². The average Bonchev–Trinajstić information content (AvgIpc) is 3.10. The van der Waals surface area contributed by atoms with Gasteiger partial charge in [0.25, 0.3) is 0 Å². The smallest absolute Gasteiger partial charge is 0.388 e. The Hall–Kier alpha value is -2.28. The van der Waals surface area contributed by atoms with E-state index in [0.29, 0.717) is 41.7 Å². The number of carbonyl (C=O) groups is 1. The van der Waals surface area contributed by atoms with Crippen molar-refractivity contribution in [3.05, 3.63) is 64.1 Å². The van der Waals surface area contributed by atoms with Crippen molar-refractivity contribution < 1.29 is 14.5 Å². The van der Waals surface area contributed by atoms with Crippen LogP contribution in [0.5, 0.6) is 0 Å². The number of para-hydroxylation sites is 1. The summed E-state index contributed by atoms with van der Waals surface area (Å²) >= 11 is 12.0. The molecule has 1 amide bonds. The van der Waals surface area contributed by atoms with E-state index < -0.39 is 6.09 Å². The first kappa shape index (κ1) is 19.1. The fraction of sp³-hybridized carbons (Fsp3) is 0.300. The molecule has 0 atom stereocenters. The third-order valence-electron chi connectivity index (χ3n) is 4.97. The maximum atomic E-state index is 12.1. The molecule has 146 valence electrons. The number of hydrogen-bond donors (Lipinski definition) is 1. The lowest BCUT2D eigenvalue weighted by molar-refractivity contribution is -0.154. The molecule has 0 radical (unpaired) electrons. The lowest BCUT2D eigenvalue weighted by Crippen LogP contribution is -2.45. The molecule has 2 heterocycles. The van der Waals surface area contributed by atoms with Gasteiger partial charge in [-0.2, -0.15) is 0 Å². The van der Waals surface area contributed by atoms with Crippen LogP contribution in [0.1, 0.15) is 24.8 Å². The molecule has 6 nitrogen and oxygen atoms in total. The number of oxime groups is 1. The van der Waals surface area contributed by atoms with Crippen molar-refractivity contribution in [1.82, 2.24) is 5.06 Å². The van der Waals surface area contributed by atoms with E-state index in [9.17, 15) is 4.79 Å². The number of halogens is 2. The Labute approximate surface area is 173 Å². The van der Waals surface area contributed by atoms with Crippen molar-refractivity contribution in [2.24, 2.45) is 5.16 Å². The lowest BCUT2D eigenvalue weighted by Gasteiger charge is -2.35. The van der Waals surface area contributed by atoms with E-state index in [0.717, 1.165) is 17.7 Å². The van der Waals surface area contributed by atoms with Crippen LogP contribution in [0, 0.1) is 0 Å². The maximum absolute atomic E-state index is 12.1. The number of hydrogen-bond acceptors (Lipinski definition) is 5. The third kappa shape index (κ3) is 4.24. The third-order valence-corrected chi connectivity index (χ3v) is 5.55. The molecule has 1 fully saturated rings. The Kier molecular flexibility index (Phi) is 5.44. The zero-order valence-electron chi connectivity index (χ0n) is 15.0. The van der Waals surface area contributed by atoms with Crippen molar-refractivity contribution in [1.29, 1.82) is 0 Å². The number of nitrogens with zero attached hydrogens (tertiary/aromatic N) is 2. The molecule has 2 aliphatic rings. The zero-order valence-corrected chi connectivity index (χ0v) is 16.5. The molecule has 4 rings (SSSR count). The SMILES string of the molecule is O=C(Nc1ccccc1Cl)ON1CCC2(CC1)CC(c1ccc(Cl)cc1)=NO2.